The van der Waals surface area contributed by atoms with Crippen molar-refractivity contribution in [2.75, 3.05) is 38.1 Å². The molecule has 176 valence electrons. The van der Waals surface area contributed by atoms with Crippen LogP contribution in [0.2, 0.25) is 0 Å². The Bertz CT molecular complexity index is 1580. The summed E-state index contributed by atoms with van der Waals surface area (Å²) in [5.74, 6) is -2.39. The van der Waals surface area contributed by atoms with Crippen LogP contribution in [0.15, 0.2) is 35.3 Å². The number of carbonyl (C=O) groups excluding carboxylic acids is 1. The lowest BCUT2D eigenvalue weighted by atomic mass is 10.1. The van der Waals surface area contributed by atoms with Gasteiger partial charge in [-0.2, -0.15) is 9.49 Å². The molecule has 0 saturated carbocycles. The molecule has 0 aliphatic carbocycles. The summed E-state index contributed by atoms with van der Waals surface area (Å²) in [6.45, 7) is 1.23. The molecule has 11 heteroatoms. The molecule has 4 aromatic rings. The van der Waals surface area contributed by atoms with E-state index in [4.69, 9.17) is 4.11 Å². The fraction of sp³-hybridized carbons (Fsp3) is 0.304. The molecule has 1 amide bonds. The number of H-pyrrole nitrogens is 1. The van der Waals surface area contributed by atoms with Crippen molar-refractivity contribution in [2.24, 2.45) is 0 Å². The summed E-state index contributed by atoms with van der Waals surface area (Å²) >= 11 is 0. The summed E-state index contributed by atoms with van der Waals surface area (Å²) in [4.78, 5) is 34.4. The highest BCUT2D eigenvalue weighted by Crippen LogP contribution is 2.23. The summed E-state index contributed by atoms with van der Waals surface area (Å²) in [6, 6.07) is 6.06. The van der Waals surface area contributed by atoms with Gasteiger partial charge in [-0.3, -0.25) is 14.5 Å². The Labute approximate surface area is 197 Å². The third-order valence-corrected chi connectivity index (χ3v) is 6.12. The van der Waals surface area contributed by atoms with Crippen molar-refractivity contribution in [1.82, 2.24) is 29.8 Å². The van der Waals surface area contributed by atoms with E-state index in [0.29, 0.717) is 54.9 Å². The zero-order valence-electron chi connectivity index (χ0n) is 21.2. The molecule has 0 radical (unpaired) electrons. The van der Waals surface area contributed by atoms with Crippen molar-refractivity contribution < 1.29 is 17.7 Å². The number of nitrogens with one attached hydrogen (secondary N) is 2. The summed E-state index contributed by atoms with van der Waals surface area (Å²) in [6.07, 6.45) is 1.56. The van der Waals surface area contributed by atoms with Crippen molar-refractivity contribution >= 4 is 28.1 Å². The maximum absolute atomic E-state index is 15.4. The average Bonchev–Trinajstić information content (AvgIpc) is 3.23. The van der Waals surface area contributed by atoms with Crippen molar-refractivity contribution in [3.63, 3.8) is 0 Å². The minimum atomic E-state index is -2.70. The highest BCUT2D eigenvalue weighted by Gasteiger charge is 2.23. The molecule has 34 heavy (non-hydrogen) atoms. The number of carbonyl (C=O) groups is 1. The van der Waals surface area contributed by atoms with Crippen LogP contribution in [0.3, 0.4) is 0 Å². The Hall–Kier alpha value is -3.86. The number of benzene rings is 1. The molecule has 0 atom stereocenters. The molecule has 0 spiro atoms. The van der Waals surface area contributed by atoms with E-state index < -0.39 is 30.2 Å². The molecule has 2 N–H and O–H groups in total. The van der Waals surface area contributed by atoms with Crippen LogP contribution in [-0.4, -0.2) is 63.5 Å². The zero-order chi connectivity index (χ0) is 26.5. The number of halogens is 2. The van der Waals surface area contributed by atoms with Crippen LogP contribution in [0.4, 0.5) is 14.5 Å². The maximum atomic E-state index is 15.4. The summed E-state index contributed by atoms with van der Waals surface area (Å²) < 4.78 is 52.7. The molecule has 0 bridgehead atoms. The van der Waals surface area contributed by atoms with Gasteiger partial charge in [0.1, 0.15) is 16.7 Å². The highest BCUT2D eigenvalue weighted by atomic mass is 19.1. The van der Waals surface area contributed by atoms with E-state index in [9.17, 15) is 14.0 Å². The highest BCUT2D eigenvalue weighted by molar-refractivity contribution is 5.92. The first-order chi connectivity index (χ1) is 17.5. The lowest BCUT2D eigenvalue weighted by molar-refractivity contribution is 0.0957. The molecule has 1 fully saturated rings. The molecule has 1 saturated heterocycles. The number of amides is 1. The van der Waals surface area contributed by atoms with Gasteiger partial charge in [-0.25, -0.2) is 13.9 Å². The number of pyridine rings is 1. The number of anilines is 1. The molecule has 3 aromatic heterocycles. The molecule has 1 aliphatic rings. The Kier molecular flexibility index (Phi) is 4.63. The molecule has 9 nitrogen and oxygen atoms in total. The van der Waals surface area contributed by atoms with Gasteiger partial charge in [-0.15, -0.1) is 0 Å². The fourth-order valence-electron chi connectivity index (χ4n) is 4.33. The van der Waals surface area contributed by atoms with Crippen LogP contribution in [0, 0.1) is 18.7 Å². The molecular weight excluding hydrogens is 444 g/mol. The number of aromatic nitrogens is 4. The smallest absolute Gasteiger partial charge is 0.274 e. The fourth-order valence-corrected chi connectivity index (χ4v) is 4.33. The van der Waals surface area contributed by atoms with Gasteiger partial charge in [0.05, 0.1) is 17.4 Å². The van der Waals surface area contributed by atoms with E-state index in [-0.39, 0.29) is 16.9 Å². The first-order valence-corrected chi connectivity index (χ1v) is 10.7. The van der Waals surface area contributed by atoms with Gasteiger partial charge >= 0.3 is 0 Å². The summed E-state index contributed by atoms with van der Waals surface area (Å²) in [5.41, 5.74) is 1.50. The van der Waals surface area contributed by atoms with Gasteiger partial charge in [0.25, 0.3) is 11.5 Å². The third kappa shape index (κ3) is 3.67. The number of piperazine rings is 1. The minimum absolute atomic E-state index is 0.0903. The Morgan fingerprint density at radius 3 is 2.74 bits per heavy atom. The number of fused-ring (bicyclic) bond motifs is 3. The van der Waals surface area contributed by atoms with Gasteiger partial charge in [0.15, 0.2) is 5.82 Å². The predicted octanol–water partition coefficient (Wildman–Crippen LogP) is 1.84. The Morgan fingerprint density at radius 1 is 1.21 bits per heavy atom. The second kappa shape index (κ2) is 8.49. The molecule has 4 heterocycles. The quantitative estimate of drug-likeness (QED) is 0.442. The SMILES string of the molecule is [2H]C([2H])([2H])NC(=O)c1ccc(N2CCN(Cc3ccc4c([nH]c(=O)c5c(C)cnn54)c3F)CC2)c(F)n1. The van der Waals surface area contributed by atoms with E-state index in [1.54, 1.807) is 35.5 Å². The number of aryl methyl sites for hydroxylation is 1. The largest absolute Gasteiger partial charge is 0.365 e. The van der Waals surface area contributed by atoms with Gasteiger partial charge in [-0.1, -0.05) is 6.07 Å². The number of rotatable bonds is 4. The van der Waals surface area contributed by atoms with E-state index in [2.05, 4.69) is 15.1 Å². The standard InChI is InChI=1S/C23H23F2N7O2/c1-13-11-27-32-16-5-3-14(18(24)19(16)29-23(34)20(13)32)12-30-7-9-31(10-8-30)17-6-4-15(22(33)26-2)28-21(17)25/h3-6,11H,7-10,12H2,1-2H3,(H,26,33)(H,29,34)/i2D3. The second-order valence-corrected chi connectivity index (χ2v) is 8.20. The van der Waals surface area contributed by atoms with Crippen molar-refractivity contribution in [1.29, 1.82) is 0 Å². The molecule has 5 rings (SSSR count). The van der Waals surface area contributed by atoms with E-state index in [1.165, 1.54) is 16.6 Å². The maximum Gasteiger partial charge on any atom is 0.274 e. The van der Waals surface area contributed by atoms with E-state index >= 15 is 4.39 Å². The van der Waals surface area contributed by atoms with E-state index in [1.807, 2.05) is 4.90 Å². The first-order valence-electron chi connectivity index (χ1n) is 12.2. The Morgan fingerprint density at radius 2 is 2.00 bits per heavy atom. The molecule has 1 aliphatic heterocycles. The van der Waals surface area contributed by atoms with Crippen LogP contribution in [0.1, 0.15) is 25.7 Å². The molecular formula is C23H23F2N7O2. The van der Waals surface area contributed by atoms with Crippen LogP contribution < -0.4 is 15.8 Å². The minimum Gasteiger partial charge on any atom is -0.365 e. The Balaban J connectivity index is 1.28. The van der Waals surface area contributed by atoms with Gasteiger partial charge < -0.3 is 15.2 Å². The van der Waals surface area contributed by atoms with Crippen LogP contribution in [0.25, 0.3) is 16.6 Å². The number of nitrogens with zero attached hydrogens (tertiary/aromatic N) is 5. The van der Waals surface area contributed by atoms with Crippen LogP contribution in [-0.2, 0) is 6.54 Å². The van der Waals surface area contributed by atoms with E-state index in [0.717, 1.165) is 0 Å². The zero-order valence-corrected chi connectivity index (χ0v) is 18.2. The summed E-state index contributed by atoms with van der Waals surface area (Å²) in [7, 11) is 0. The monoisotopic (exact) mass is 470 g/mol. The topological polar surface area (TPSA) is 98.6 Å². The summed E-state index contributed by atoms with van der Waals surface area (Å²) in [5, 5.41) is 5.98. The lowest BCUT2D eigenvalue weighted by Gasteiger charge is -2.36. The van der Waals surface area contributed by atoms with Crippen LogP contribution >= 0.6 is 0 Å². The third-order valence-electron chi connectivity index (χ3n) is 6.12. The lowest BCUT2D eigenvalue weighted by Crippen LogP contribution is -2.46. The van der Waals surface area contributed by atoms with Gasteiger partial charge in [0.2, 0.25) is 5.95 Å². The predicted molar refractivity (Wildman–Crippen MR) is 123 cm³/mol. The van der Waals surface area contributed by atoms with Gasteiger partial charge in [0, 0.05) is 54.9 Å². The molecule has 0 unspecified atom stereocenters. The van der Waals surface area contributed by atoms with Crippen molar-refractivity contribution in [3.8, 4) is 0 Å². The van der Waals surface area contributed by atoms with Crippen molar-refractivity contribution in [2.45, 2.75) is 13.5 Å². The van der Waals surface area contributed by atoms with Gasteiger partial charge in [-0.05, 0) is 25.1 Å². The average molecular weight is 470 g/mol. The normalized spacial score (nSPS) is 16.4. The van der Waals surface area contributed by atoms with Crippen molar-refractivity contribution in [3.05, 3.63) is 69.4 Å². The number of hydrogen-bond acceptors (Lipinski definition) is 6. The number of aromatic amines is 1. The first kappa shape index (κ1) is 18.6. The second-order valence-electron chi connectivity index (χ2n) is 8.20. The van der Waals surface area contributed by atoms with Crippen LogP contribution in [0.5, 0.6) is 0 Å². The number of hydrogen-bond donors (Lipinski definition) is 2. The molecule has 1 aromatic carbocycles.